The van der Waals surface area contributed by atoms with Crippen LogP contribution in [0.25, 0.3) is 0 Å². The number of rotatable bonds is 5. The van der Waals surface area contributed by atoms with Crippen molar-refractivity contribution in [3.8, 4) is 0 Å². The first-order valence-corrected chi connectivity index (χ1v) is 9.04. The number of hydrogen-bond donors (Lipinski definition) is 2. The molecule has 0 saturated heterocycles. The van der Waals surface area contributed by atoms with Crippen molar-refractivity contribution < 1.29 is 8.42 Å². The van der Waals surface area contributed by atoms with Crippen LogP contribution in [0.3, 0.4) is 0 Å². The van der Waals surface area contributed by atoms with Crippen molar-refractivity contribution in [2.24, 2.45) is 5.73 Å². The van der Waals surface area contributed by atoms with E-state index in [4.69, 9.17) is 28.9 Å². The summed E-state index contributed by atoms with van der Waals surface area (Å²) < 4.78 is 27.1. The van der Waals surface area contributed by atoms with Gasteiger partial charge in [0.25, 0.3) is 0 Å². The minimum Gasteiger partial charge on any atom is -0.326 e. The van der Waals surface area contributed by atoms with E-state index in [1.54, 1.807) is 11.4 Å². The molecule has 0 spiro atoms. The van der Waals surface area contributed by atoms with Gasteiger partial charge in [-0.3, -0.25) is 0 Å². The number of nitrogens with zero attached hydrogens (tertiary/aromatic N) is 1. The fourth-order valence-electron chi connectivity index (χ4n) is 1.70. The molecule has 3 N–H and O–H groups in total. The lowest BCUT2D eigenvalue weighted by atomic mass is 10.2. The lowest BCUT2D eigenvalue weighted by Gasteiger charge is -2.11. The standard InChI is InChI=1S/C12H13Cl2N3O2S2/c1-7-17-10(6-20-7)5-16-21(18,19)11-3-9(13)2-8(4-15)12(11)14/h2-3,6,16H,4-5,15H2,1H3. The van der Waals surface area contributed by atoms with Gasteiger partial charge in [-0.05, 0) is 24.6 Å². The van der Waals surface area contributed by atoms with Gasteiger partial charge >= 0.3 is 0 Å². The molecule has 0 radical (unpaired) electrons. The Morgan fingerprint density at radius 1 is 1.38 bits per heavy atom. The molecule has 0 aliphatic carbocycles. The molecule has 5 nitrogen and oxygen atoms in total. The summed E-state index contributed by atoms with van der Waals surface area (Å²) in [6.07, 6.45) is 0. The number of nitrogens with one attached hydrogen (secondary N) is 1. The molecule has 114 valence electrons. The highest BCUT2D eigenvalue weighted by molar-refractivity contribution is 7.89. The van der Waals surface area contributed by atoms with E-state index in [0.29, 0.717) is 11.3 Å². The number of benzene rings is 1. The van der Waals surface area contributed by atoms with Crippen molar-refractivity contribution in [1.29, 1.82) is 0 Å². The number of aromatic nitrogens is 1. The van der Waals surface area contributed by atoms with Crippen molar-refractivity contribution in [1.82, 2.24) is 9.71 Å². The molecule has 1 aromatic carbocycles. The predicted molar refractivity (Wildman–Crippen MR) is 85.2 cm³/mol. The van der Waals surface area contributed by atoms with Crippen LogP contribution < -0.4 is 10.5 Å². The molecule has 0 unspecified atom stereocenters. The van der Waals surface area contributed by atoms with E-state index in [1.807, 2.05) is 6.92 Å². The Morgan fingerprint density at radius 3 is 2.67 bits per heavy atom. The maximum atomic E-state index is 12.3. The minimum atomic E-state index is -3.79. The quantitative estimate of drug-likeness (QED) is 0.852. The average Bonchev–Trinajstić information content (AvgIpc) is 2.84. The van der Waals surface area contributed by atoms with Crippen LogP contribution in [-0.4, -0.2) is 13.4 Å². The summed E-state index contributed by atoms with van der Waals surface area (Å²) in [5.41, 5.74) is 6.66. The fourth-order valence-corrected chi connectivity index (χ4v) is 4.25. The zero-order chi connectivity index (χ0) is 15.6. The third kappa shape index (κ3) is 3.94. The van der Waals surface area contributed by atoms with Gasteiger partial charge in [-0.15, -0.1) is 11.3 Å². The van der Waals surface area contributed by atoms with Crippen molar-refractivity contribution >= 4 is 44.6 Å². The van der Waals surface area contributed by atoms with Gasteiger partial charge in [0.1, 0.15) is 4.90 Å². The highest BCUT2D eigenvalue weighted by Crippen LogP contribution is 2.29. The van der Waals surface area contributed by atoms with E-state index in [2.05, 4.69) is 9.71 Å². The lowest BCUT2D eigenvalue weighted by molar-refractivity contribution is 0.580. The van der Waals surface area contributed by atoms with Gasteiger partial charge in [-0.25, -0.2) is 18.1 Å². The van der Waals surface area contributed by atoms with Crippen molar-refractivity contribution in [3.05, 3.63) is 43.8 Å². The highest BCUT2D eigenvalue weighted by Gasteiger charge is 2.21. The maximum absolute atomic E-state index is 12.3. The van der Waals surface area contributed by atoms with Crippen LogP contribution >= 0.6 is 34.5 Å². The second kappa shape index (κ2) is 6.60. The molecule has 1 aromatic heterocycles. The number of hydrogen-bond acceptors (Lipinski definition) is 5. The number of nitrogens with two attached hydrogens (primary N) is 1. The number of aryl methyl sites for hydroxylation is 1. The molecular weight excluding hydrogens is 353 g/mol. The predicted octanol–water partition coefficient (Wildman–Crippen LogP) is 2.70. The van der Waals surface area contributed by atoms with E-state index < -0.39 is 10.0 Å². The first-order chi connectivity index (χ1) is 9.83. The van der Waals surface area contributed by atoms with Gasteiger partial charge < -0.3 is 5.73 Å². The second-order valence-electron chi connectivity index (χ2n) is 4.26. The van der Waals surface area contributed by atoms with Gasteiger partial charge in [-0.1, -0.05) is 23.2 Å². The molecular formula is C12H13Cl2N3O2S2. The monoisotopic (exact) mass is 365 g/mol. The number of thiazole rings is 1. The molecule has 0 bridgehead atoms. The molecule has 0 atom stereocenters. The van der Waals surface area contributed by atoms with E-state index in [1.165, 1.54) is 17.4 Å². The summed E-state index contributed by atoms with van der Waals surface area (Å²) in [4.78, 5) is 4.11. The van der Waals surface area contributed by atoms with E-state index in [-0.39, 0.29) is 28.0 Å². The molecule has 0 aliphatic heterocycles. The second-order valence-corrected chi connectivity index (χ2v) is 7.88. The van der Waals surface area contributed by atoms with Crippen molar-refractivity contribution in [3.63, 3.8) is 0 Å². The molecule has 2 aromatic rings. The first-order valence-electron chi connectivity index (χ1n) is 5.92. The molecule has 0 fully saturated rings. The summed E-state index contributed by atoms with van der Waals surface area (Å²) >= 11 is 13.4. The first kappa shape index (κ1) is 16.7. The average molecular weight is 366 g/mol. The van der Waals surface area contributed by atoms with Crippen LogP contribution in [0.15, 0.2) is 22.4 Å². The van der Waals surface area contributed by atoms with Gasteiger partial charge in [0.05, 0.1) is 22.3 Å². The summed E-state index contributed by atoms with van der Waals surface area (Å²) in [5, 5.41) is 3.02. The molecule has 0 amide bonds. The molecule has 21 heavy (non-hydrogen) atoms. The van der Waals surface area contributed by atoms with Crippen LogP contribution in [0, 0.1) is 6.92 Å². The zero-order valence-corrected chi connectivity index (χ0v) is 14.2. The van der Waals surface area contributed by atoms with Crippen molar-refractivity contribution in [2.75, 3.05) is 0 Å². The molecule has 0 saturated carbocycles. The third-order valence-electron chi connectivity index (χ3n) is 2.70. The van der Waals surface area contributed by atoms with E-state index in [9.17, 15) is 8.42 Å². The Bertz CT molecular complexity index is 760. The summed E-state index contributed by atoms with van der Waals surface area (Å²) in [6.45, 7) is 2.05. The van der Waals surface area contributed by atoms with Crippen LogP contribution in [0.4, 0.5) is 0 Å². The van der Waals surface area contributed by atoms with Gasteiger partial charge in [-0.2, -0.15) is 0 Å². The van der Waals surface area contributed by atoms with Crippen LogP contribution in [0.1, 0.15) is 16.3 Å². The topological polar surface area (TPSA) is 85.1 Å². The molecule has 0 aliphatic rings. The highest BCUT2D eigenvalue weighted by atomic mass is 35.5. The van der Waals surface area contributed by atoms with E-state index >= 15 is 0 Å². The Kier molecular flexibility index (Phi) is 5.24. The molecule has 1 heterocycles. The Labute approximate surface area is 137 Å². The smallest absolute Gasteiger partial charge is 0.242 e. The number of halogens is 2. The summed E-state index contributed by atoms with van der Waals surface area (Å²) in [7, 11) is -3.79. The van der Waals surface area contributed by atoms with Crippen LogP contribution in [0.2, 0.25) is 10.0 Å². The molecule has 9 heteroatoms. The van der Waals surface area contributed by atoms with Gasteiger partial charge in [0.2, 0.25) is 10.0 Å². The Balaban J connectivity index is 2.29. The normalized spacial score (nSPS) is 11.8. The maximum Gasteiger partial charge on any atom is 0.242 e. The Hall–Kier alpha value is -0.700. The lowest BCUT2D eigenvalue weighted by Crippen LogP contribution is -2.24. The van der Waals surface area contributed by atoms with Crippen LogP contribution in [0.5, 0.6) is 0 Å². The minimum absolute atomic E-state index is 0.0796. The van der Waals surface area contributed by atoms with E-state index in [0.717, 1.165) is 5.01 Å². The summed E-state index contributed by atoms with van der Waals surface area (Å²) in [5.74, 6) is 0. The fraction of sp³-hybridized carbons (Fsp3) is 0.250. The van der Waals surface area contributed by atoms with Gasteiger partial charge in [0.15, 0.2) is 0 Å². The van der Waals surface area contributed by atoms with Crippen LogP contribution in [-0.2, 0) is 23.1 Å². The third-order valence-corrected chi connectivity index (χ3v) is 5.72. The van der Waals surface area contributed by atoms with Gasteiger partial charge in [0, 0.05) is 16.9 Å². The number of sulfonamides is 1. The van der Waals surface area contributed by atoms with Crippen molar-refractivity contribution in [2.45, 2.75) is 24.9 Å². The SMILES string of the molecule is Cc1nc(CNS(=O)(=O)c2cc(Cl)cc(CN)c2Cl)cs1. The summed E-state index contributed by atoms with van der Waals surface area (Å²) in [6, 6.07) is 2.85. The Morgan fingerprint density at radius 2 is 2.10 bits per heavy atom. The largest absolute Gasteiger partial charge is 0.326 e. The molecule has 2 rings (SSSR count). The zero-order valence-electron chi connectivity index (χ0n) is 11.1.